The molecule has 8 nitrogen and oxygen atoms in total. The molecule has 4 N–H and O–H groups in total. The van der Waals surface area contributed by atoms with Gasteiger partial charge in [-0.1, -0.05) is 0 Å². The molecule has 0 saturated carbocycles. The molecule has 106 valence electrons. The summed E-state index contributed by atoms with van der Waals surface area (Å²) in [6.07, 6.45) is 0. The highest BCUT2D eigenvalue weighted by molar-refractivity contribution is 6.07. The molecule has 0 radical (unpaired) electrons. The molecule has 8 heteroatoms. The molecule has 1 aromatic rings. The zero-order valence-electron chi connectivity index (χ0n) is 10.3. The number of aromatic carboxylic acids is 2. The molecule has 0 bridgehead atoms. The number of ether oxygens (including phenoxy) is 1. The van der Waals surface area contributed by atoms with Gasteiger partial charge in [-0.15, -0.1) is 0 Å². The van der Waals surface area contributed by atoms with E-state index < -0.39 is 41.0 Å². The molecular weight excluding hydrogens is 270 g/mol. The molecule has 0 aliphatic heterocycles. The lowest BCUT2D eigenvalue weighted by molar-refractivity contribution is -0.139. The molecule has 0 heterocycles. The lowest BCUT2D eigenvalue weighted by Crippen LogP contribution is -2.31. The number of nitrogens with two attached hydrogens (primary N) is 1. The van der Waals surface area contributed by atoms with Crippen molar-refractivity contribution >= 4 is 23.9 Å². The van der Waals surface area contributed by atoms with E-state index in [1.807, 2.05) is 0 Å². The number of rotatable bonds is 4. The summed E-state index contributed by atoms with van der Waals surface area (Å²) < 4.78 is 4.36. The van der Waals surface area contributed by atoms with E-state index in [0.29, 0.717) is 0 Å². The van der Waals surface area contributed by atoms with E-state index in [4.69, 9.17) is 15.9 Å². The van der Waals surface area contributed by atoms with Gasteiger partial charge in [0.2, 0.25) is 0 Å². The Hall–Kier alpha value is -2.74. The predicted octanol–water partition coefficient (Wildman–Crippen LogP) is 0.114. The number of carboxylic acid groups (broad SMARTS) is 2. The maximum Gasteiger partial charge on any atom is 0.346 e. The van der Waals surface area contributed by atoms with E-state index in [0.717, 1.165) is 18.2 Å². The smallest absolute Gasteiger partial charge is 0.346 e. The molecule has 0 spiro atoms. The molecule has 0 amide bonds. The van der Waals surface area contributed by atoms with Crippen molar-refractivity contribution in [3.05, 3.63) is 34.9 Å². The largest absolute Gasteiger partial charge is 0.478 e. The van der Waals surface area contributed by atoms with Gasteiger partial charge in [0, 0.05) is 0 Å². The maximum absolute atomic E-state index is 11.7. The average Bonchev–Trinajstić information content (AvgIpc) is 2.37. The van der Waals surface area contributed by atoms with Crippen molar-refractivity contribution in [2.24, 2.45) is 5.73 Å². The highest BCUT2D eigenvalue weighted by Crippen LogP contribution is 2.14. The molecule has 0 aliphatic carbocycles. The highest BCUT2D eigenvalue weighted by atomic mass is 16.6. The van der Waals surface area contributed by atoms with E-state index in [1.54, 1.807) is 0 Å². The predicted molar refractivity (Wildman–Crippen MR) is 64.4 cm³/mol. The van der Waals surface area contributed by atoms with Gasteiger partial charge in [-0.3, -0.25) is 0 Å². The highest BCUT2D eigenvalue weighted by Gasteiger charge is 2.23. The number of carboxylic acids is 2. The number of hydrogen-bond donors (Lipinski definition) is 3. The van der Waals surface area contributed by atoms with Crippen LogP contribution in [0.1, 0.15) is 38.0 Å². The van der Waals surface area contributed by atoms with Gasteiger partial charge in [0.15, 0.2) is 0 Å². The van der Waals surface area contributed by atoms with E-state index in [1.165, 1.54) is 6.92 Å². The molecular formula is C12H11NO7. The molecule has 20 heavy (non-hydrogen) atoms. The van der Waals surface area contributed by atoms with Crippen molar-refractivity contribution in [3.63, 3.8) is 0 Å². The zero-order chi connectivity index (χ0) is 15.4. The van der Waals surface area contributed by atoms with Crippen LogP contribution in [0, 0.1) is 0 Å². The fourth-order valence-corrected chi connectivity index (χ4v) is 1.27. The third-order valence-electron chi connectivity index (χ3n) is 2.28. The Morgan fingerprint density at radius 2 is 1.70 bits per heavy atom. The van der Waals surface area contributed by atoms with Gasteiger partial charge < -0.3 is 20.7 Å². The summed E-state index contributed by atoms with van der Waals surface area (Å²) in [4.78, 5) is 44.7. The molecule has 0 fully saturated rings. The second-order valence-electron chi connectivity index (χ2n) is 3.87. The van der Waals surface area contributed by atoms with E-state index in [9.17, 15) is 19.2 Å². The molecule has 0 aromatic heterocycles. The van der Waals surface area contributed by atoms with Crippen LogP contribution in [0.5, 0.6) is 0 Å². The third kappa shape index (κ3) is 3.39. The van der Waals surface area contributed by atoms with Crippen molar-refractivity contribution in [1.82, 2.24) is 0 Å². The quantitative estimate of drug-likeness (QED) is 0.521. The van der Waals surface area contributed by atoms with Crippen molar-refractivity contribution in [2.75, 3.05) is 0 Å². The van der Waals surface area contributed by atoms with Gasteiger partial charge in [-0.25, -0.2) is 19.2 Å². The van der Waals surface area contributed by atoms with Crippen LogP contribution in [0.25, 0.3) is 0 Å². The SMILES string of the molecule is CC(N)C(=O)OC(=O)c1cc(C(=O)O)ccc1C(=O)O. The number of esters is 2. The number of benzene rings is 1. The Morgan fingerprint density at radius 3 is 2.15 bits per heavy atom. The molecule has 1 rings (SSSR count). The first-order valence-electron chi connectivity index (χ1n) is 5.36. The molecule has 1 aromatic carbocycles. The minimum atomic E-state index is -1.46. The van der Waals surface area contributed by atoms with E-state index in [-0.39, 0.29) is 5.56 Å². The van der Waals surface area contributed by atoms with Gasteiger partial charge in [-0.2, -0.15) is 0 Å². The van der Waals surface area contributed by atoms with Gasteiger partial charge in [0.25, 0.3) is 0 Å². The number of hydrogen-bond acceptors (Lipinski definition) is 6. The Kier molecular flexibility index (Phi) is 4.54. The Labute approximate surface area is 112 Å². The second-order valence-corrected chi connectivity index (χ2v) is 3.87. The first-order chi connectivity index (χ1) is 9.23. The normalized spacial score (nSPS) is 11.5. The van der Waals surface area contributed by atoms with Gasteiger partial charge in [0.05, 0.1) is 16.7 Å². The number of carbonyl (C=O) groups is 4. The van der Waals surface area contributed by atoms with Crippen molar-refractivity contribution in [1.29, 1.82) is 0 Å². The van der Waals surface area contributed by atoms with Crippen LogP contribution in [-0.2, 0) is 9.53 Å². The van der Waals surface area contributed by atoms with Crippen molar-refractivity contribution in [3.8, 4) is 0 Å². The first kappa shape index (κ1) is 15.3. The van der Waals surface area contributed by atoms with Gasteiger partial charge in [-0.05, 0) is 25.1 Å². The summed E-state index contributed by atoms with van der Waals surface area (Å²) in [5.74, 6) is -5.13. The topological polar surface area (TPSA) is 144 Å². The van der Waals surface area contributed by atoms with Crippen LogP contribution < -0.4 is 5.73 Å². The zero-order valence-corrected chi connectivity index (χ0v) is 10.3. The fourth-order valence-electron chi connectivity index (χ4n) is 1.27. The fraction of sp³-hybridized carbons (Fsp3) is 0.167. The van der Waals surface area contributed by atoms with Crippen LogP contribution in [0.3, 0.4) is 0 Å². The molecule has 0 saturated heterocycles. The summed E-state index contributed by atoms with van der Waals surface area (Å²) in [5.41, 5.74) is 3.88. The van der Waals surface area contributed by atoms with Crippen LogP contribution in [0.15, 0.2) is 18.2 Å². The standard InChI is InChI=1S/C12H11NO7/c1-5(13)11(18)20-12(19)8-4-6(9(14)15)2-3-7(8)10(16)17/h2-5H,13H2,1H3,(H,14,15)(H,16,17). The first-order valence-corrected chi connectivity index (χ1v) is 5.36. The second kappa shape index (κ2) is 5.93. The Bertz CT molecular complexity index is 591. The van der Waals surface area contributed by atoms with Gasteiger partial charge >= 0.3 is 23.9 Å². The number of carbonyl (C=O) groups excluding carboxylic acids is 2. The van der Waals surface area contributed by atoms with Crippen LogP contribution in [0.2, 0.25) is 0 Å². The van der Waals surface area contributed by atoms with Crippen LogP contribution >= 0.6 is 0 Å². The lowest BCUT2D eigenvalue weighted by Gasteiger charge is -2.08. The average molecular weight is 281 g/mol. The summed E-state index contributed by atoms with van der Waals surface area (Å²) in [7, 11) is 0. The van der Waals surface area contributed by atoms with Crippen molar-refractivity contribution < 1.29 is 34.1 Å². The molecule has 1 unspecified atom stereocenters. The molecule has 1 atom stereocenters. The van der Waals surface area contributed by atoms with Crippen molar-refractivity contribution in [2.45, 2.75) is 13.0 Å². The van der Waals surface area contributed by atoms with Gasteiger partial charge in [0.1, 0.15) is 6.04 Å². The Balaban J connectivity index is 3.22. The summed E-state index contributed by atoms with van der Waals surface area (Å²) in [5, 5.41) is 17.7. The van der Waals surface area contributed by atoms with E-state index in [2.05, 4.69) is 4.74 Å². The monoisotopic (exact) mass is 281 g/mol. The summed E-state index contributed by atoms with van der Waals surface area (Å²) in [6, 6.07) is 1.71. The minimum Gasteiger partial charge on any atom is -0.478 e. The maximum atomic E-state index is 11.7. The van der Waals surface area contributed by atoms with Crippen LogP contribution in [0.4, 0.5) is 0 Å². The van der Waals surface area contributed by atoms with Crippen LogP contribution in [-0.4, -0.2) is 40.1 Å². The Morgan fingerprint density at radius 1 is 1.10 bits per heavy atom. The third-order valence-corrected chi connectivity index (χ3v) is 2.28. The molecule has 0 aliphatic rings. The lowest BCUT2D eigenvalue weighted by atomic mass is 10.0. The summed E-state index contributed by atoms with van der Waals surface area (Å²) in [6.45, 7) is 1.28. The van der Waals surface area contributed by atoms with E-state index >= 15 is 0 Å². The minimum absolute atomic E-state index is 0.310. The summed E-state index contributed by atoms with van der Waals surface area (Å²) >= 11 is 0.